The third-order valence-electron chi connectivity index (χ3n) is 4.29. The molecule has 7 heteroatoms. The molecule has 0 bridgehead atoms. The normalized spacial score (nSPS) is 11.7. The number of carbonyl (C=O) groups is 1. The van der Waals surface area contributed by atoms with Gasteiger partial charge in [0, 0.05) is 16.5 Å². The van der Waals surface area contributed by atoms with Crippen LogP contribution < -0.4 is 5.11 Å². The summed E-state index contributed by atoms with van der Waals surface area (Å²) in [5.74, 6) is -1.22. The fourth-order valence-corrected chi connectivity index (χ4v) is 3.04. The van der Waals surface area contributed by atoms with Crippen LogP contribution in [0.4, 0.5) is 13.2 Å². The van der Waals surface area contributed by atoms with Gasteiger partial charge in [0.05, 0.1) is 17.0 Å². The van der Waals surface area contributed by atoms with Gasteiger partial charge >= 0.3 is 6.18 Å². The molecule has 4 aromatic rings. The Morgan fingerprint density at radius 3 is 2.36 bits per heavy atom. The molecule has 0 amide bonds. The van der Waals surface area contributed by atoms with E-state index in [1.54, 1.807) is 24.3 Å². The minimum Gasteiger partial charge on any atom is -0.545 e. The van der Waals surface area contributed by atoms with Gasteiger partial charge in [-0.3, -0.25) is 0 Å². The zero-order chi connectivity index (χ0) is 19.9. The second-order valence-corrected chi connectivity index (χ2v) is 6.07. The van der Waals surface area contributed by atoms with Gasteiger partial charge in [0.2, 0.25) is 0 Å². The zero-order valence-corrected chi connectivity index (χ0v) is 14.2. The van der Waals surface area contributed by atoms with Crippen LogP contribution in [-0.4, -0.2) is 11.0 Å². The number of hydrogen-bond donors (Lipinski definition) is 0. The van der Waals surface area contributed by atoms with Crippen LogP contribution in [0.25, 0.3) is 33.7 Å². The molecule has 0 fully saturated rings. The van der Waals surface area contributed by atoms with Crippen molar-refractivity contribution in [3.63, 3.8) is 0 Å². The molecule has 4 nitrogen and oxygen atoms in total. The van der Waals surface area contributed by atoms with Crippen molar-refractivity contribution in [1.29, 1.82) is 0 Å². The SMILES string of the molecule is O=C([O-])c1cc(-c2ccc(-c3ccccc3C(F)(F)F)o2)nc2ccccc12. The molecule has 4 rings (SSSR count). The number of carbonyl (C=O) groups excluding carboxylic acids is 1. The average molecular weight is 382 g/mol. The summed E-state index contributed by atoms with van der Waals surface area (Å²) >= 11 is 0. The molecule has 0 N–H and O–H groups in total. The van der Waals surface area contributed by atoms with Crippen molar-refractivity contribution in [2.45, 2.75) is 6.18 Å². The van der Waals surface area contributed by atoms with Gasteiger partial charge in [-0.15, -0.1) is 0 Å². The number of benzene rings is 2. The van der Waals surface area contributed by atoms with Crippen molar-refractivity contribution in [1.82, 2.24) is 4.98 Å². The summed E-state index contributed by atoms with van der Waals surface area (Å²) < 4.78 is 45.4. The number of alkyl halides is 3. The molecule has 0 atom stereocenters. The lowest BCUT2D eigenvalue weighted by Crippen LogP contribution is -2.22. The molecule has 0 saturated carbocycles. The van der Waals surface area contributed by atoms with Crippen molar-refractivity contribution in [3.05, 3.63) is 77.9 Å². The van der Waals surface area contributed by atoms with E-state index >= 15 is 0 Å². The lowest BCUT2D eigenvalue weighted by atomic mass is 10.1. The lowest BCUT2D eigenvalue weighted by molar-refractivity contribution is -0.254. The van der Waals surface area contributed by atoms with Gasteiger partial charge in [-0.05, 0) is 30.3 Å². The van der Waals surface area contributed by atoms with E-state index in [9.17, 15) is 23.1 Å². The maximum absolute atomic E-state index is 13.3. The first-order chi connectivity index (χ1) is 13.3. The Bertz CT molecular complexity index is 1190. The highest BCUT2D eigenvalue weighted by Gasteiger charge is 2.34. The molecule has 140 valence electrons. The van der Waals surface area contributed by atoms with Gasteiger partial charge in [0.25, 0.3) is 0 Å². The second-order valence-electron chi connectivity index (χ2n) is 6.07. The number of halogens is 3. The summed E-state index contributed by atoms with van der Waals surface area (Å²) in [5, 5.41) is 11.9. The van der Waals surface area contributed by atoms with Gasteiger partial charge in [-0.25, -0.2) is 4.98 Å². The number of aromatic carboxylic acids is 1. The first kappa shape index (κ1) is 17.8. The number of hydrogen-bond acceptors (Lipinski definition) is 4. The quantitative estimate of drug-likeness (QED) is 0.522. The van der Waals surface area contributed by atoms with Crippen LogP contribution in [0.5, 0.6) is 0 Å². The summed E-state index contributed by atoms with van der Waals surface area (Å²) in [5.41, 5.74) is -0.407. The molecule has 0 aliphatic carbocycles. The Kier molecular flexibility index (Phi) is 4.15. The summed E-state index contributed by atoms with van der Waals surface area (Å²) in [7, 11) is 0. The van der Waals surface area contributed by atoms with Gasteiger partial charge in [-0.2, -0.15) is 13.2 Å². The van der Waals surface area contributed by atoms with E-state index in [0.717, 1.165) is 6.07 Å². The van der Waals surface area contributed by atoms with Gasteiger partial charge in [0.1, 0.15) is 11.5 Å². The van der Waals surface area contributed by atoms with E-state index in [0.29, 0.717) is 10.9 Å². The number of furan rings is 1. The average Bonchev–Trinajstić information content (AvgIpc) is 3.16. The van der Waals surface area contributed by atoms with Crippen molar-refractivity contribution >= 4 is 16.9 Å². The number of nitrogens with zero attached hydrogens (tertiary/aromatic N) is 1. The van der Waals surface area contributed by atoms with Crippen LogP contribution in [-0.2, 0) is 6.18 Å². The Morgan fingerprint density at radius 1 is 0.929 bits per heavy atom. The van der Waals surface area contributed by atoms with Crippen molar-refractivity contribution in [2.75, 3.05) is 0 Å². The Labute approximate surface area is 156 Å². The van der Waals surface area contributed by atoms with Gasteiger partial charge in [-0.1, -0.05) is 36.4 Å². The van der Waals surface area contributed by atoms with E-state index < -0.39 is 17.7 Å². The number of pyridine rings is 1. The molecule has 28 heavy (non-hydrogen) atoms. The summed E-state index contributed by atoms with van der Waals surface area (Å²) in [6.45, 7) is 0. The summed E-state index contributed by atoms with van der Waals surface area (Å²) in [6.07, 6.45) is -4.53. The molecule has 0 saturated heterocycles. The lowest BCUT2D eigenvalue weighted by Gasteiger charge is -2.11. The molecule has 2 aromatic heterocycles. The van der Waals surface area contributed by atoms with E-state index in [1.165, 1.54) is 36.4 Å². The Hall–Kier alpha value is -3.61. The second kappa shape index (κ2) is 6.53. The van der Waals surface area contributed by atoms with Crippen molar-refractivity contribution < 1.29 is 27.5 Å². The predicted octanol–water partition coefficient (Wildman–Crippen LogP) is 4.54. The predicted molar refractivity (Wildman–Crippen MR) is 94.2 cm³/mol. The maximum Gasteiger partial charge on any atom is 0.417 e. The molecule has 2 aromatic carbocycles. The largest absolute Gasteiger partial charge is 0.545 e. The number of fused-ring (bicyclic) bond motifs is 1. The van der Waals surface area contributed by atoms with Gasteiger partial charge in [0.15, 0.2) is 5.76 Å². The van der Waals surface area contributed by atoms with Crippen LogP contribution in [0, 0.1) is 0 Å². The minimum atomic E-state index is -4.53. The van der Waals surface area contributed by atoms with E-state index in [1.807, 2.05) is 0 Å². The molecule has 0 aliphatic heterocycles. The third kappa shape index (κ3) is 3.11. The number of carboxylic acid groups (broad SMARTS) is 1. The first-order valence-electron chi connectivity index (χ1n) is 8.22. The highest BCUT2D eigenvalue weighted by Crippen LogP contribution is 2.38. The van der Waals surface area contributed by atoms with E-state index in [4.69, 9.17) is 4.42 Å². The highest BCUT2D eigenvalue weighted by atomic mass is 19.4. The summed E-state index contributed by atoms with van der Waals surface area (Å²) in [6, 6.07) is 15.8. The van der Waals surface area contributed by atoms with Crippen molar-refractivity contribution in [3.8, 4) is 22.8 Å². The number of para-hydroxylation sites is 1. The molecule has 0 radical (unpaired) electrons. The third-order valence-corrected chi connectivity index (χ3v) is 4.29. The summed E-state index contributed by atoms with van der Waals surface area (Å²) in [4.78, 5) is 15.8. The first-order valence-corrected chi connectivity index (χ1v) is 8.22. The molecule has 0 spiro atoms. The van der Waals surface area contributed by atoms with Crippen LogP contribution in [0.15, 0.2) is 71.1 Å². The number of aromatic nitrogens is 1. The monoisotopic (exact) mass is 382 g/mol. The van der Waals surface area contributed by atoms with Crippen LogP contribution in [0.3, 0.4) is 0 Å². The van der Waals surface area contributed by atoms with E-state index in [2.05, 4.69) is 4.98 Å². The smallest absolute Gasteiger partial charge is 0.417 e. The minimum absolute atomic E-state index is 0.00730. The van der Waals surface area contributed by atoms with Gasteiger partial charge < -0.3 is 14.3 Å². The maximum atomic E-state index is 13.3. The van der Waals surface area contributed by atoms with Crippen LogP contribution in [0.2, 0.25) is 0 Å². The fourth-order valence-electron chi connectivity index (χ4n) is 3.04. The molecule has 0 aliphatic rings. The fraction of sp³-hybridized carbons (Fsp3) is 0.0476. The number of carboxylic acids is 1. The number of rotatable bonds is 3. The molecule has 2 heterocycles. The highest BCUT2D eigenvalue weighted by molar-refractivity contribution is 6.02. The molecular formula is C21H11F3NO3-. The standard InChI is InChI=1S/C21H12F3NO3/c22-21(23,24)15-7-3-1-6-13(15)18-9-10-19(28-18)17-11-14(20(26)27)12-5-2-4-8-16(12)25-17/h1-11H,(H,26,27)/p-1. The van der Waals surface area contributed by atoms with Crippen molar-refractivity contribution in [2.24, 2.45) is 0 Å². The molecule has 0 unspecified atom stereocenters. The zero-order valence-electron chi connectivity index (χ0n) is 14.2. The van der Waals surface area contributed by atoms with Crippen LogP contribution >= 0.6 is 0 Å². The van der Waals surface area contributed by atoms with E-state index in [-0.39, 0.29) is 28.3 Å². The molecular weight excluding hydrogens is 371 g/mol. The topological polar surface area (TPSA) is 66.2 Å². The Balaban J connectivity index is 1.85. The van der Waals surface area contributed by atoms with Crippen LogP contribution in [0.1, 0.15) is 15.9 Å². The Morgan fingerprint density at radius 2 is 1.61 bits per heavy atom.